The largest absolute Gasteiger partial charge is 0.494 e. The van der Waals surface area contributed by atoms with Gasteiger partial charge in [0.15, 0.2) is 34.5 Å². The van der Waals surface area contributed by atoms with Gasteiger partial charge < -0.3 is 23.8 Å². The number of carboxylic acid groups (broad SMARTS) is 1. The van der Waals surface area contributed by atoms with Crippen molar-refractivity contribution in [3.63, 3.8) is 0 Å². The number of carboxylic acids is 1. The van der Waals surface area contributed by atoms with Gasteiger partial charge in [-0.05, 0) is 0 Å². The van der Waals surface area contributed by atoms with E-state index in [1.165, 1.54) is 27.4 Å². The van der Waals surface area contributed by atoms with Gasteiger partial charge >= 0.3 is 5.97 Å². The summed E-state index contributed by atoms with van der Waals surface area (Å²) in [6.45, 7) is 0. The lowest BCUT2D eigenvalue weighted by atomic mass is 10.1. The van der Waals surface area contributed by atoms with Crippen LogP contribution in [0.5, 0.6) is 17.2 Å². The van der Waals surface area contributed by atoms with Gasteiger partial charge in [0.1, 0.15) is 5.56 Å². The van der Waals surface area contributed by atoms with Crippen LogP contribution in [0.4, 0.5) is 4.39 Å². The highest BCUT2D eigenvalue weighted by Crippen LogP contribution is 2.44. The molecule has 21 heavy (non-hydrogen) atoms. The number of benzene rings is 1. The molecule has 1 aromatic heterocycles. The summed E-state index contributed by atoms with van der Waals surface area (Å²) in [5.74, 6) is -2.03. The van der Waals surface area contributed by atoms with Crippen molar-refractivity contribution in [3.8, 4) is 28.6 Å². The normalized spacial score (nSPS) is 10.3. The molecule has 0 saturated heterocycles. The highest BCUT2D eigenvalue weighted by molar-refractivity contribution is 5.87. The number of nitrogens with zero attached hydrogens (tertiary/aromatic N) is 1. The first-order valence-electron chi connectivity index (χ1n) is 5.72. The Hall–Kier alpha value is -2.77. The first-order chi connectivity index (χ1) is 10.0. The Kier molecular flexibility index (Phi) is 3.97. The van der Waals surface area contributed by atoms with E-state index in [4.69, 9.17) is 23.8 Å². The van der Waals surface area contributed by atoms with Crippen LogP contribution in [-0.2, 0) is 0 Å². The van der Waals surface area contributed by atoms with Crippen molar-refractivity contribution in [1.82, 2.24) is 5.16 Å². The fourth-order valence-corrected chi connectivity index (χ4v) is 1.81. The van der Waals surface area contributed by atoms with Crippen LogP contribution in [0.25, 0.3) is 11.3 Å². The summed E-state index contributed by atoms with van der Waals surface area (Å²) >= 11 is 0. The molecule has 112 valence electrons. The van der Waals surface area contributed by atoms with Gasteiger partial charge in [0.05, 0.1) is 21.3 Å². The van der Waals surface area contributed by atoms with Gasteiger partial charge in [-0.25, -0.2) is 9.18 Å². The number of hydrogen-bond donors (Lipinski definition) is 1. The van der Waals surface area contributed by atoms with Crippen molar-refractivity contribution in [1.29, 1.82) is 0 Å². The van der Waals surface area contributed by atoms with E-state index in [2.05, 4.69) is 5.16 Å². The molecule has 8 heteroatoms. The molecule has 0 aliphatic rings. The average molecular weight is 297 g/mol. The third-order valence-electron chi connectivity index (χ3n) is 2.77. The zero-order chi connectivity index (χ0) is 15.6. The quantitative estimate of drug-likeness (QED) is 0.904. The Morgan fingerprint density at radius 3 is 2.33 bits per heavy atom. The Labute approximate surface area is 118 Å². The molecule has 0 unspecified atom stereocenters. The Morgan fingerprint density at radius 2 is 1.86 bits per heavy atom. The lowest BCUT2D eigenvalue weighted by Gasteiger charge is -2.14. The monoisotopic (exact) mass is 297 g/mol. The maximum Gasteiger partial charge on any atom is 0.358 e. The lowest BCUT2D eigenvalue weighted by molar-refractivity contribution is 0.0686. The maximum absolute atomic E-state index is 14.4. The molecular weight excluding hydrogens is 285 g/mol. The fraction of sp³-hybridized carbons (Fsp3) is 0.231. The third-order valence-corrected chi connectivity index (χ3v) is 2.77. The summed E-state index contributed by atoms with van der Waals surface area (Å²) in [4.78, 5) is 10.8. The Bertz CT molecular complexity index is 682. The van der Waals surface area contributed by atoms with Gasteiger partial charge in [-0.3, -0.25) is 0 Å². The predicted molar refractivity (Wildman–Crippen MR) is 68.5 cm³/mol. The van der Waals surface area contributed by atoms with Crippen molar-refractivity contribution in [3.05, 3.63) is 23.6 Å². The number of rotatable bonds is 5. The molecule has 0 spiro atoms. The molecule has 0 aliphatic heterocycles. The van der Waals surface area contributed by atoms with Crippen LogP contribution in [0.3, 0.4) is 0 Å². The number of aromatic carboxylic acids is 1. The number of ether oxygens (including phenoxy) is 3. The molecule has 0 bridgehead atoms. The van der Waals surface area contributed by atoms with Gasteiger partial charge in [0, 0.05) is 12.1 Å². The topological polar surface area (TPSA) is 91.0 Å². The standard InChI is InChI=1S/C13H12FNO6/c1-18-8-5-9(19-2)12(20-3)10(11(8)14)7-4-6(13(16)17)15-21-7/h4-5H,1-3H3,(H,16,17). The number of hydrogen-bond acceptors (Lipinski definition) is 6. The van der Waals surface area contributed by atoms with Crippen LogP contribution in [0.15, 0.2) is 16.7 Å². The molecule has 2 rings (SSSR count). The first-order valence-corrected chi connectivity index (χ1v) is 5.72. The lowest BCUT2D eigenvalue weighted by Crippen LogP contribution is -1.99. The van der Waals surface area contributed by atoms with Gasteiger partial charge in [0.25, 0.3) is 0 Å². The smallest absolute Gasteiger partial charge is 0.358 e. The van der Waals surface area contributed by atoms with Crippen LogP contribution in [0.1, 0.15) is 10.5 Å². The van der Waals surface area contributed by atoms with E-state index in [0.29, 0.717) is 0 Å². The molecule has 7 nitrogen and oxygen atoms in total. The Morgan fingerprint density at radius 1 is 1.19 bits per heavy atom. The second-order valence-corrected chi connectivity index (χ2v) is 3.88. The van der Waals surface area contributed by atoms with E-state index >= 15 is 0 Å². The van der Waals surface area contributed by atoms with E-state index in [-0.39, 0.29) is 34.3 Å². The minimum absolute atomic E-state index is 0.0453. The van der Waals surface area contributed by atoms with Gasteiger partial charge in [0.2, 0.25) is 0 Å². The SMILES string of the molecule is COc1cc(OC)c(OC)c(-c2cc(C(=O)O)no2)c1F. The summed E-state index contributed by atoms with van der Waals surface area (Å²) in [7, 11) is 3.99. The van der Waals surface area contributed by atoms with Crippen molar-refractivity contribution in [2.45, 2.75) is 0 Å². The molecule has 0 amide bonds. The zero-order valence-corrected chi connectivity index (χ0v) is 11.5. The van der Waals surface area contributed by atoms with Gasteiger partial charge in [-0.2, -0.15) is 0 Å². The summed E-state index contributed by atoms with van der Waals surface area (Å²) in [5.41, 5.74) is -0.484. The highest BCUT2D eigenvalue weighted by atomic mass is 19.1. The third kappa shape index (κ3) is 2.47. The molecule has 1 aromatic carbocycles. The first kappa shape index (κ1) is 14.6. The Balaban J connectivity index is 2.72. The molecule has 1 N–H and O–H groups in total. The second kappa shape index (κ2) is 5.70. The number of halogens is 1. The van der Waals surface area contributed by atoms with E-state index in [1.807, 2.05) is 0 Å². The molecule has 2 aromatic rings. The summed E-state index contributed by atoms with van der Waals surface area (Å²) in [6.07, 6.45) is 0. The molecule has 1 heterocycles. The molecule has 0 fully saturated rings. The fourth-order valence-electron chi connectivity index (χ4n) is 1.81. The molecule has 0 aliphatic carbocycles. The van der Waals surface area contributed by atoms with E-state index in [0.717, 1.165) is 6.07 Å². The maximum atomic E-state index is 14.4. The second-order valence-electron chi connectivity index (χ2n) is 3.88. The van der Waals surface area contributed by atoms with Crippen LogP contribution >= 0.6 is 0 Å². The molecule has 0 atom stereocenters. The van der Waals surface area contributed by atoms with E-state index in [9.17, 15) is 9.18 Å². The minimum atomic E-state index is -1.29. The highest BCUT2D eigenvalue weighted by Gasteiger charge is 2.26. The average Bonchev–Trinajstić information content (AvgIpc) is 2.96. The molecule has 0 radical (unpaired) electrons. The van der Waals surface area contributed by atoms with Crippen molar-refractivity contribution in [2.75, 3.05) is 21.3 Å². The summed E-state index contributed by atoms with van der Waals surface area (Å²) in [5, 5.41) is 12.2. The van der Waals surface area contributed by atoms with Crippen LogP contribution in [0, 0.1) is 5.82 Å². The van der Waals surface area contributed by atoms with Crippen LogP contribution in [0.2, 0.25) is 0 Å². The van der Waals surface area contributed by atoms with E-state index < -0.39 is 11.8 Å². The number of carbonyl (C=O) groups is 1. The van der Waals surface area contributed by atoms with Crippen LogP contribution < -0.4 is 14.2 Å². The van der Waals surface area contributed by atoms with Gasteiger partial charge in [-0.1, -0.05) is 5.16 Å². The minimum Gasteiger partial charge on any atom is -0.494 e. The van der Waals surface area contributed by atoms with Gasteiger partial charge in [-0.15, -0.1) is 0 Å². The molecular formula is C13H12FNO6. The number of aromatic nitrogens is 1. The van der Waals surface area contributed by atoms with Crippen molar-refractivity contribution < 1.29 is 33.0 Å². The van der Waals surface area contributed by atoms with Crippen molar-refractivity contribution in [2.24, 2.45) is 0 Å². The summed E-state index contributed by atoms with van der Waals surface area (Å²) < 4.78 is 34.4. The van der Waals surface area contributed by atoms with Crippen LogP contribution in [-0.4, -0.2) is 37.6 Å². The van der Waals surface area contributed by atoms with Crippen molar-refractivity contribution >= 4 is 5.97 Å². The van der Waals surface area contributed by atoms with E-state index in [1.54, 1.807) is 0 Å². The predicted octanol–water partition coefficient (Wildman–Crippen LogP) is 2.20. The summed E-state index contributed by atoms with van der Waals surface area (Å²) in [6, 6.07) is 2.40. The molecule has 0 saturated carbocycles. The zero-order valence-electron chi connectivity index (χ0n) is 11.5. The number of methoxy groups -OCH3 is 3.